The first-order valence-corrected chi connectivity index (χ1v) is 10.6. The average molecular weight is 442 g/mol. The van der Waals surface area contributed by atoms with Gasteiger partial charge in [-0.05, 0) is 44.5 Å². The molecule has 1 N–H and O–H groups in total. The Kier molecular flexibility index (Phi) is 6.03. The van der Waals surface area contributed by atoms with Gasteiger partial charge in [0, 0.05) is 48.3 Å². The molecule has 3 aromatic rings. The highest BCUT2D eigenvalue weighted by atomic mass is 35.5. The second-order valence-electron chi connectivity index (χ2n) is 7.62. The van der Waals surface area contributed by atoms with Gasteiger partial charge in [-0.15, -0.1) is 5.10 Å². The van der Waals surface area contributed by atoms with E-state index in [4.69, 9.17) is 11.6 Å². The molecule has 4 rings (SSSR count). The van der Waals surface area contributed by atoms with E-state index in [0.29, 0.717) is 54.9 Å². The van der Waals surface area contributed by atoms with Gasteiger partial charge in [0.05, 0.1) is 6.42 Å². The number of nitrogens with one attached hydrogen (secondary N) is 1. The van der Waals surface area contributed by atoms with Crippen molar-refractivity contribution in [1.29, 1.82) is 0 Å². The number of hydrogen-bond acceptors (Lipinski definition) is 5. The average Bonchev–Trinajstić information content (AvgIpc) is 2.95. The number of benzene rings is 1. The molecule has 0 unspecified atom stereocenters. The summed E-state index contributed by atoms with van der Waals surface area (Å²) in [6.45, 7) is 5.91. The van der Waals surface area contributed by atoms with Crippen molar-refractivity contribution in [3.8, 4) is 0 Å². The molecule has 10 heteroatoms. The number of anilines is 1. The molecule has 1 aliphatic rings. The van der Waals surface area contributed by atoms with E-state index in [0.717, 1.165) is 11.4 Å². The van der Waals surface area contributed by atoms with Crippen LogP contribution in [0.4, 0.5) is 10.5 Å². The minimum absolute atomic E-state index is 0.0534. The van der Waals surface area contributed by atoms with Gasteiger partial charge in [0.25, 0.3) is 5.78 Å². The molecular formula is C21H24ClN7O2. The molecule has 0 bridgehead atoms. The van der Waals surface area contributed by atoms with Crippen LogP contribution in [0.3, 0.4) is 0 Å². The molecule has 31 heavy (non-hydrogen) atoms. The normalized spacial score (nSPS) is 14.5. The lowest BCUT2D eigenvalue weighted by Crippen LogP contribution is -2.39. The second-order valence-corrected chi connectivity index (χ2v) is 8.05. The predicted molar refractivity (Wildman–Crippen MR) is 117 cm³/mol. The maximum atomic E-state index is 12.8. The summed E-state index contributed by atoms with van der Waals surface area (Å²) < 4.78 is 1.65. The number of aromatic nitrogens is 4. The first-order valence-electron chi connectivity index (χ1n) is 10.2. The van der Waals surface area contributed by atoms with E-state index >= 15 is 0 Å². The van der Waals surface area contributed by atoms with E-state index in [9.17, 15) is 9.59 Å². The number of carbonyl (C=O) groups excluding carboxylic acids is 2. The minimum Gasteiger partial charge on any atom is -0.340 e. The molecule has 2 aromatic heterocycles. The standard InChI is InChI=1S/C21H24ClN7O2/c1-14-11-15(2)29-20(23-14)25-18(26-29)13-19(30)27-7-4-8-28(10-9-27)21(31)24-17-6-3-5-16(22)12-17/h3,5-6,11-12H,4,7-10,13H2,1-2H3,(H,24,31). The number of nitrogens with zero attached hydrogens (tertiary/aromatic N) is 6. The van der Waals surface area contributed by atoms with Crippen LogP contribution in [0, 0.1) is 13.8 Å². The summed E-state index contributed by atoms with van der Waals surface area (Å²) >= 11 is 5.98. The van der Waals surface area contributed by atoms with Gasteiger partial charge in [-0.25, -0.2) is 14.3 Å². The maximum Gasteiger partial charge on any atom is 0.321 e. The van der Waals surface area contributed by atoms with Crippen molar-refractivity contribution in [3.63, 3.8) is 0 Å². The lowest BCUT2D eigenvalue weighted by Gasteiger charge is -2.22. The molecule has 1 saturated heterocycles. The number of hydrogen-bond donors (Lipinski definition) is 1. The van der Waals surface area contributed by atoms with Crippen LogP contribution in [0.25, 0.3) is 5.78 Å². The van der Waals surface area contributed by atoms with Crippen LogP contribution in [-0.4, -0.2) is 67.5 Å². The summed E-state index contributed by atoms with van der Waals surface area (Å²) in [6.07, 6.45) is 0.809. The number of rotatable bonds is 3. The lowest BCUT2D eigenvalue weighted by molar-refractivity contribution is -0.130. The Morgan fingerprint density at radius 1 is 1.06 bits per heavy atom. The predicted octanol–water partition coefficient (Wildman–Crippen LogP) is 2.70. The quantitative estimate of drug-likeness (QED) is 0.674. The zero-order chi connectivity index (χ0) is 22.0. The highest BCUT2D eigenvalue weighted by Crippen LogP contribution is 2.16. The van der Waals surface area contributed by atoms with E-state index in [1.54, 1.807) is 38.6 Å². The monoisotopic (exact) mass is 441 g/mol. The third kappa shape index (κ3) is 4.93. The Hall–Kier alpha value is -3.20. The molecule has 3 heterocycles. The fourth-order valence-electron chi connectivity index (χ4n) is 3.67. The third-order valence-corrected chi connectivity index (χ3v) is 5.42. The molecule has 1 aromatic carbocycles. The van der Waals surface area contributed by atoms with Crippen LogP contribution < -0.4 is 5.32 Å². The van der Waals surface area contributed by atoms with Gasteiger partial charge < -0.3 is 15.1 Å². The van der Waals surface area contributed by atoms with Crippen molar-refractivity contribution < 1.29 is 9.59 Å². The Bertz CT molecular complexity index is 1130. The summed E-state index contributed by atoms with van der Waals surface area (Å²) in [5, 5.41) is 7.84. The van der Waals surface area contributed by atoms with E-state index in [1.807, 2.05) is 19.9 Å². The van der Waals surface area contributed by atoms with Crippen LogP contribution in [0.5, 0.6) is 0 Å². The van der Waals surface area contributed by atoms with Crippen LogP contribution >= 0.6 is 11.6 Å². The number of halogens is 1. The zero-order valence-corrected chi connectivity index (χ0v) is 18.3. The molecule has 0 spiro atoms. The second kappa shape index (κ2) is 8.89. The molecular weight excluding hydrogens is 418 g/mol. The van der Waals surface area contributed by atoms with Gasteiger partial charge in [0.2, 0.25) is 5.91 Å². The smallest absolute Gasteiger partial charge is 0.321 e. The first-order chi connectivity index (χ1) is 14.9. The molecule has 1 aliphatic heterocycles. The fourth-order valence-corrected chi connectivity index (χ4v) is 3.86. The molecule has 162 valence electrons. The fraction of sp³-hybridized carbons (Fsp3) is 0.381. The summed E-state index contributed by atoms with van der Waals surface area (Å²) in [5.74, 6) is 0.897. The summed E-state index contributed by atoms with van der Waals surface area (Å²) in [7, 11) is 0. The minimum atomic E-state index is -0.199. The zero-order valence-electron chi connectivity index (χ0n) is 17.5. The summed E-state index contributed by atoms with van der Waals surface area (Å²) in [4.78, 5) is 37.7. The Morgan fingerprint density at radius 2 is 1.84 bits per heavy atom. The van der Waals surface area contributed by atoms with E-state index in [2.05, 4.69) is 20.4 Å². The Balaban J connectivity index is 1.36. The van der Waals surface area contributed by atoms with Crippen molar-refractivity contribution >= 4 is 35.0 Å². The van der Waals surface area contributed by atoms with Crippen molar-refractivity contribution in [1.82, 2.24) is 29.4 Å². The molecule has 3 amide bonds. The number of fused-ring (bicyclic) bond motifs is 1. The van der Waals surface area contributed by atoms with Gasteiger partial charge in [-0.1, -0.05) is 17.7 Å². The van der Waals surface area contributed by atoms with Gasteiger partial charge in [0.15, 0.2) is 5.82 Å². The molecule has 9 nitrogen and oxygen atoms in total. The molecule has 0 aliphatic carbocycles. The van der Waals surface area contributed by atoms with Crippen LogP contribution in [-0.2, 0) is 11.2 Å². The van der Waals surface area contributed by atoms with E-state index in [-0.39, 0.29) is 18.4 Å². The van der Waals surface area contributed by atoms with Crippen LogP contribution in [0.15, 0.2) is 30.3 Å². The largest absolute Gasteiger partial charge is 0.340 e. The van der Waals surface area contributed by atoms with Gasteiger partial charge in [-0.2, -0.15) is 4.98 Å². The van der Waals surface area contributed by atoms with Crippen molar-refractivity contribution in [3.05, 3.63) is 52.6 Å². The first kappa shape index (κ1) is 21.0. The topological polar surface area (TPSA) is 95.7 Å². The van der Waals surface area contributed by atoms with Crippen molar-refractivity contribution in [2.75, 3.05) is 31.5 Å². The lowest BCUT2D eigenvalue weighted by atomic mass is 10.3. The number of carbonyl (C=O) groups is 2. The highest BCUT2D eigenvalue weighted by molar-refractivity contribution is 6.30. The number of urea groups is 1. The highest BCUT2D eigenvalue weighted by Gasteiger charge is 2.23. The Labute approximate surface area is 185 Å². The molecule has 0 atom stereocenters. The Morgan fingerprint density at radius 3 is 2.65 bits per heavy atom. The van der Waals surface area contributed by atoms with Gasteiger partial charge in [0.1, 0.15) is 0 Å². The third-order valence-electron chi connectivity index (χ3n) is 5.18. The summed E-state index contributed by atoms with van der Waals surface area (Å²) in [5.41, 5.74) is 2.43. The van der Waals surface area contributed by atoms with Crippen LogP contribution in [0.2, 0.25) is 5.02 Å². The SMILES string of the molecule is Cc1cc(C)n2nc(CC(=O)N3CCCN(C(=O)Nc4cccc(Cl)c4)CC3)nc2n1. The van der Waals surface area contributed by atoms with Crippen molar-refractivity contribution in [2.45, 2.75) is 26.7 Å². The van der Waals surface area contributed by atoms with E-state index < -0.39 is 0 Å². The molecule has 0 radical (unpaired) electrons. The van der Waals surface area contributed by atoms with E-state index in [1.165, 1.54) is 0 Å². The molecule has 0 saturated carbocycles. The maximum absolute atomic E-state index is 12.8. The van der Waals surface area contributed by atoms with Crippen LogP contribution in [0.1, 0.15) is 23.6 Å². The molecule has 1 fully saturated rings. The van der Waals surface area contributed by atoms with Crippen molar-refractivity contribution in [2.24, 2.45) is 0 Å². The summed E-state index contributed by atoms with van der Waals surface area (Å²) in [6, 6.07) is 8.75. The van der Waals surface area contributed by atoms with Gasteiger partial charge >= 0.3 is 6.03 Å². The number of amides is 3. The van der Waals surface area contributed by atoms with Gasteiger partial charge in [-0.3, -0.25) is 4.79 Å². The number of aryl methyl sites for hydroxylation is 2.